The summed E-state index contributed by atoms with van der Waals surface area (Å²) in [4.78, 5) is 1.57. The highest BCUT2D eigenvalue weighted by Crippen LogP contribution is 2.40. The van der Waals surface area contributed by atoms with Gasteiger partial charge in [0.1, 0.15) is 6.54 Å². The number of ether oxygens (including phenoxy) is 3. The summed E-state index contributed by atoms with van der Waals surface area (Å²) in [5.41, 5.74) is 1.99. The van der Waals surface area contributed by atoms with E-state index in [1.165, 1.54) is 10.5 Å². The van der Waals surface area contributed by atoms with Gasteiger partial charge in [0, 0.05) is 11.1 Å². The predicted octanol–water partition coefficient (Wildman–Crippen LogP) is 2.63. The van der Waals surface area contributed by atoms with Gasteiger partial charge in [0.15, 0.2) is 18.2 Å². The van der Waals surface area contributed by atoms with Crippen LogP contribution in [-0.4, -0.2) is 38.2 Å². The van der Waals surface area contributed by atoms with Gasteiger partial charge in [-0.25, -0.2) is 0 Å². The fourth-order valence-corrected chi connectivity index (χ4v) is 3.63. The van der Waals surface area contributed by atoms with Crippen LogP contribution in [0.5, 0.6) is 17.2 Å². The van der Waals surface area contributed by atoms with Crippen LogP contribution in [-0.2, 0) is 13.2 Å². The van der Waals surface area contributed by atoms with E-state index in [9.17, 15) is 0 Å². The Morgan fingerprint density at radius 3 is 2.44 bits per heavy atom. The van der Waals surface area contributed by atoms with Crippen molar-refractivity contribution in [2.24, 2.45) is 0 Å². The van der Waals surface area contributed by atoms with Crippen molar-refractivity contribution in [1.82, 2.24) is 9.78 Å². The lowest BCUT2D eigenvalue weighted by atomic mass is 10.2. The zero-order valence-electron chi connectivity index (χ0n) is 15.6. The molecule has 3 rings (SSSR count). The molecule has 0 spiro atoms. The molecule has 1 unspecified atom stereocenters. The number of nitrogens with one attached hydrogen (secondary N) is 1. The smallest absolute Gasteiger partial charge is 0.292 e. The van der Waals surface area contributed by atoms with Crippen molar-refractivity contribution in [3.8, 4) is 28.7 Å². The fourth-order valence-electron chi connectivity index (χ4n) is 2.78. The molecule has 1 aromatic carbocycles. The summed E-state index contributed by atoms with van der Waals surface area (Å²) in [5.74, 6) is 1.98. The van der Waals surface area contributed by atoms with Crippen molar-refractivity contribution < 1.29 is 23.5 Å². The Kier molecular flexibility index (Phi) is 6.15. The standard InChI is InChI=1S/C18H21N3O4S2/c1-20(9-12-5-6-27-10-12)11-21-18(26)25-17(19-21)13-7-14(22-2)16(24-4)15(8-13)23-3/h5-8,10H,9,11H2,1-4H3/p+1. The number of nitrogens with zero attached hydrogens (tertiary/aromatic N) is 2. The molecule has 0 saturated carbocycles. The zero-order valence-corrected chi connectivity index (χ0v) is 17.3. The maximum atomic E-state index is 5.71. The van der Waals surface area contributed by atoms with Crippen LogP contribution in [0.15, 0.2) is 33.4 Å². The number of rotatable bonds is 8. The van der Waals surface area contributed by atoms with E-state index in [1.54, 1.807) is 49.5 Å². The van der Waals surface area contributed by atoms with Crippen LogP contribution in [0.4, 0.5) is 0 Å². The first-order chi connectivity index (χ1) is 13.0. The molecule has 0 bridgehead atoms. The summed E-state index contributed by atoms with van der Waals surface area (Å²) >= 11 is 7.04. The van der Waals surface area contributed by atoms with E-state index in [2.05, 4.69) is 29.0 Å². The third kappa shape index (κ3) is 4.32. The highest BCUT2D eigenvalue weighted by molar-refractivity contribution is 7.71. The van der Waals surface area contributed by atoms with E-state index in [0.29, 0.717) is 40.2 Å². The van der Waals surface area contributed by atoms with E-state index in [4.69, 9.17) is 30.8 Å². The summed E-state index contributed by atoms with van der Waals surface area (Å²) in [7, 11) is 6.79. The van der Waals surface area contributed by atoms with Gasteiger partial charge in [-0.2, -0.15) is 16.0 Å². The van der Waals surface area contributed by atoms with E-state index in [0.717, 1.165) is 6.54 Å². The quantitative estimate of drug-likeness (QED) is 0.578. The normalized spacial score (nSPS) is 12.0. The summed E-state index contributed by atoms with van der Waals surface area (Å²) in [6, 6.07) is 5.69. The Bertz CT molecular complexity index is 925. The summed E-state index contributed by atoms with van der Waals surface area (Å²) in [5, 5.41) is 8.75. The van der Waals surface area contributed by atoms with Gasteiger partial charge in [0.25, 0.3) is 4.84 Å². The molecular weight excluding hydrogens is 386 g/mol. The van der Waals surface area contributed by atoms with Gasteiger partial charge >= 0.3 is 0 Å². The molecule has 0 aliphatic rings. The van der Waals surface area contributed by atoms with Crippen molar-refractivity contribution in [2.75, 3.05) is 28.4 Å². The SMILES string of the molecule is COc1cc(-c2nn(C[NH+](C)Cc3ccsc3)c(=S)o2)cc(OC)c1OC. The van der Waals surface area contributed by atoms with E-state index < -0.39 is 0 Å². The monoisotopic (exact) mass is 408 g/mol. The molecule has 9 heteroatoms. The van der Waals surface area contributed by atoms with Crippen LogP contribution in [0.2, 0.25) is 0 Å². The van der Waals surface area contributed by atoms with E-state index in [1.807, 2.05) is 0 Å². The molecule has 1 N–H and O–H groups in total. The summed E-state index contributed by atoms with van der Waals surface area (Å²) in [6.45, 7) is 1.49. The zero-order chi connectivity index (χ0) is 19.4. The van der Waals surface area contributed by atoms with E-state index in [-0.39, 0.29) is 0 Å². The van der Waals surface area contributed by atoms with E-state index >= 15 is 0 Å². The number of aromatic nitrogens is 2. The molecule has 3 aromatic rings. The highest BCUT2D eigenvalue weighted by Gasteiger charge is 2.18. The minimum Gasteiger partial charge on any atom is -0.493 e. The molecule has 27 heavy (non-hydrogen) atoms. The Balaban J connectivity index is 1.86. The number of quaternary nitrogens is 1. The molecule has 144 valence electrons. The van der Waals surface area contributed by atoms with Crippen molar-refractivity contribution >= 4 is 23.6 Å². The summed E-state index contributed by atoms with van der Waals surface area (Å²) < 4.78 is 23.5. The fraction of sp³-hybridized carbons (Fsp3) is 0.333. The number of thiophene rings is 1. The van der Waals surface area contributed by atoms with Gasteiger partial charge in [-0.05, 0) is 41.2 Å². The molecular formula is C18H22N3O4S2+. The minimum atomic E-state index is 0.323. The minimum absolute atomic E-state index is 0.323. The van der Waals surface area contributed by atoms with Crippen LogP contribution in [0.25, 0.3) is 11.5 Å². The first-order valence-corrected chi connectivity index (χ1v) is 9.61. The number of methoxy groups -OCH3 is 3. The first kappa shape index (κ1) is 19.4. The van der Waals surface area contributed by atoms with Gasteiger partial charge in [-0.15, -0.1) is 5.10 Å². The molecule has 1 atom stereocenters. The van der Waals surface area contributed by atoms with Crippen molar-refractivity contribution in [1.29, 1.82) is 0 Å². The molecule has 7 nitrogen and oxygen atoms in total. The van der Waals surface area contributed by atoms with Crippen molar-refractivity contribution in [3.63, 3.8) is 0 Å². The maximum Gasteiger partial charge on any atom is 0.292 e. The molecule has 0 fully saturated rings. The Morgan fingerprint density at radius 2 is 1.89 bits per heavy atom. The van der Waals surface area contributed by atoms with Crippen LogP contribution >= 0.6 is 23.6 Å². The van der Waals surface area contributed by atoms with Gasteiger partial charge in [-0.1, -0.05) is 0 Å². The predicted molar refractivity (Wildman–Crippen MR) is 105 cm³/mol. The molecule has 0 saturated heterocycles. The second-order valence-electron chi connectivity index (χ2n) is 6.01. The molecule has 0 amide bonds. The third-order valence-corrected chi connectivity index (χ3v) is 5.05. The second-order valence-corrected chi connectivity index (χ2v) is 7.14. The van der Waals surface area contributed by atoms with Crippen LogP contribution in [0.1, 0.15) is 5.56 Å². The van der Waals surface area contributed by atoms with Crippen molar-refractivity contribution in [3.05, 3.63) is 39.4 Å². The number of benzene rings is 1. The molecule has 0 radical (unpaired) electrons. The average molecular weight is 409 g/mol. The van der Waals surface area contributed by atoms with Gasteiger partial charge in [0.05, 0.1) is 28.4 Å². The second kappa shape index (κ2) is 8.55. The lowest BCUT2D eigenvalue weighted by Crippen LogP contribution is -3.06. The number of hydrogen-bond donors (Lipinski definition) is 1. The molecule has 0 aliphatic heterocycles. The highest BCUT2D eigenvalue weighted by atomic mass is 32.1. The molecule has 0 aliphatic carbocycles. The van der Waals surface area contributed by atoms with Gasteiger partial charge in [0.2, 0.25) is 11.6 Å². The Hall–Kier alpha value is -2.36. The summed E-state index contributed by atoms with van der Waals surface area (Å²) in [6.07, 6.45) is 0. The first-order valence-electron chi connectivity index (χ1n) is 8.26. The Labute approximate surface area is 166 Å². The van der Waals surface area contributed by atoms with Crippen molar-refractivity contribution in [2.45, 2.75) is 13.2 Å². The maximum absolute atomic E-state index is 5.71. The topological polar surface area (TPSA) is 63.1 Å². The lowest BCUT2D eigenvalue weighted by Gasteiger charge is -2.13. The lowest BCUT2D eigenvalue weighted by molar-refractivity contribution is -0.917. The third-order valence-electron chi connectivity index (χ3n) is 4.02. The molecule has 2 aromatic heterocycles. The molecule has 2 heterocycles. The van der Waals surface area contributed by atoms with Gasteiger partial charge < -0.3 is 23.5 Å². The largest absolute Gasteiger partial charge is 0.493 e. The van der Waals surface area contributed by atoms with Gasteiger partial charge in [-0.3, -0.25) is 0 Å². The van der Waals surface area contributed by atoms with Crippen LogP contribution < -0.4 is 19.1 Å². The Morgan fingerprint density at radius 1 is 1.19 bits per heavy atom. The number of hydrogen-bond acceptors (Lipinski definition) is 7. The average Bonchev–Trinajstić information content (AvgIpc) is 3.30. The van der Waals surface area contributed by atoms with Crippen LogP contribution in [0.3, 0.4) is 0 Å². The van der Waals surface area contributed by atoms with Crippen LogP contribution in [0, 0.1) is 4.84 Å².